The maximum absolute atomic E-state index is 12.8. The Balaban J connectivity index is 1.84. The second kappa shape index (κ2) is 8.44. The normalized spacial score (nSPS) is 11.0. The summed E-state index contributed by atoms with van der Waals surface area (Å²) >= 11 is 1.12. The summed E-state index contributed by atoms with van der Waals surface area (Å²) < 4.78 is 1.55. The number of anilines is 1. The minimum Gasteiger partial charge on any atom is -0.320 e. The quantitative estimate of drug-likeness (QED) is 0.285. The van der Waals surface area contributed by atoms with E-state index in [1.54, 1.807) is 41.8 Å². The van der Waals surface area contributed by atoms with Crippen molar-refractivity contribution in [3.8, 4) is 0 Å². The van der Waals surface area contributed by atoms with Gasteiger partial charge in [-0.3, -0.25) is 24.3 Å². The molecule has 0 bridgehead atoms. The number of carbonyl (C=O) groups excluding carboxylic acids is 1. The molecule has 3 rings (SSSR count). The van der Waals surface area contributed by atoms with E-state index in [0.717, 1.165) is 17.3 Å². The monoisotopic (exact) mass is 412 g/mol. The van der Waals surface area contributed by atoms with Crippen molar-refractivity contribution in [2.45, 2.75) is 32.0 Å². The van der Waals surface area contributed by atoms with Crippen LogP contribution < -0.4 is 10.9 Å². The Morgan fingerprint density at radius 1 is 1.28 bits per heavy atom. The molecule has 1 aromatic heterocycles. The van der Waals surface area contributed by atoms with Crippen LogP contribution in [0.2, 0.25) is 0 Å². The average Bonchev–Trinajstić information content (AvgIpc) is 2.67. The summed E-state index contributed by atoms with van der Waals surface area (Å²) in [5, 5.41) is 14.7. The highest BCUT2D eigenvalue weighted by molar-refractivity contribution is 7.99. The molecule has 8 nitrogen and oxygen atoms in total. The lowest BCUT2D eigenvalue weighted by Crippen LogP contribution is -2.25. The molecule has 1 N–H and O–H groups in total. The van der Waals surface area contributed by atoms with E-state index in [4.69, 9.17) is 0 Å². The highest BCUT2D eigenvalue weighted by Crippen LogP contribution is 2.26. The van der Waals surface area contributed by atoms with Crippen LogP contribution in [0.4, 0.5) is 11.4 Å². The number of nitrogens with one attached hydrogen (secondary N) is 1. The number of nitrogens with zero attached hydrogens (tertiary/aromatic N) is 3. The maximum Gasteiger partial charge on any atom is 0.293 e. The lowest BCUT2D eigenvalue weighted by atomic mass is 10.2. The Labute approximate surface area is 171 Å². The zero-order valence-electron chi connectivity index (χ0n) is 16.2. The van der Waals surface area contributed by atoms with Crippen LogP contribution in [0.25, 0.3) is 10.9 Å². The fraction of sp³-hybridized carbons (Fsp3) is 0.250. The first-order valence-corrected chi connectivity index (χ1v) is 9.95. The number of para-hydroxylation sites is 1. The first-order chi connectivity index (χ1) is 13.8. The number of aromatic nitrogens is 2. The van der Waals surface area contributed by atoms with Crippen molar-refractivity contribution in [2.24, 2.45) is 0 Å². The van der Waals surface area contributed by atoms with Crippen molar-refractivity contribution in [3.05, 3.63) is 68.5 Å². The minimum atomic E-state index is -0.531. The number of carbonyl (C=O) groups is 1. The molecule has 0 fully saturated rings. The Morgan fingerprint density at radius 2 is 2.00 bits per heavy atom. The molecular formula is C20H20N4O4S. The van der Waals surface area contributed by atoms with Gasteiger partial charge in [-0.25, -0.2) is 4.98 Å². The predicted octanol–water partition coefficient (Wildman–Crippen LogP) is 3.92. The van der Waals surface area contributed by atoms with Gasteiger partial charge in [-0.2, -0.15) is 0 Å². The number of fused-ring (bicyclic) bond motifs is 1. The number of benzene rings is 2. The van der Waals surface area contributed by atoms with Crippen LogP contribution >= 0.6 is 11.8 Å². The van der Waals surface area contributed by atoms with Gasteiger partial charge in [-0.05, 0) is 44.5 Å². The average molecular weight is 412 g/mol. The van der Waals surface area contributed by atoms with E-state index in [1.807, 2.05) is 13.8 Å². The number of aryl methyl sites for hydroxylation is 1. The molecule has 0 spiro atoms. The van der Waals surface area contributed by atoms with Crippen molar-refractivity contribution in [1.29, 1.82) is 0 Å². The van der Waals surface area contributed by atoms with Crippen LogP contribution in [-0.4, -0.2) is 26.1 Å². The SMILES string of the molecule is Cc1ccc(NC(=O)CSc2nc3ccccc3c(=O)n2C(C)C)c([N+](=O)[O-])c1. The lowest BCUT2D eigenvalue weighted by molar-refractivity contribution is -0.384. The van der Waals surface area contributed by atoms with E-state index in [1.165, 1.54) is 12.1 Å². The number of thioether (sulfide) groups is 1. The fourth-order valence-electron chi connectivity index (χ4n) is 2.90. The van der Waals surface area contributed by atoms with E-state index in [2.05, 4.69) is 10.3 Å². The van der Waals surface area contributed by atoms with Gasteiger partial charge in [0.1, 0.15) is 5.69 Å². The Hall–Kier alpha value is -3.20. The predicted molar refractivity (Wildman–Crippen MR) is 114 cm³/mol. The number of nitro benzene ring substituents is 1. The van der Waals surface area contributed by atoms with Gasteiger partial charge in [0.15, 0.2) is 5.16 Å². The van der Waals surface area contributed by atoms with Gasteiger partial charge < -0.3 is 5.32 Å². The molecule has 0 radical (unpaired) electrons. The standard InChI is InChI=1S/C20H20N4O4S/c1-12(2)23-19(26)14-6-4-5-7-15(14)22-20(23)29-11-18(25)21-16-9-8-13(3)10-17(16)24(27)28/h4-10,12H,11H2,1-3H3,(H,21,25). The van der Waals surface area contributed by atoms with Crippen LogP contribution in [0, 0.1) is 17.0 Å². The minimum absolute atomic E-state index is 0.0392. The Morgan fingerprint density at radius 3 is 2.69 bits per heavy atom. The molecule has 0 aliphatic heterocycles. The molecule has 3 aromatic rings. The molecular weight excluding hydrogens is 392 g/mol. The molecule has 0 aliphatic rings. The molecule has 0 saturated carbocycles. The van der Waals surface area contributed by atoms with Gasteiger partial charge in [0.25, 0.3) is 11.2 Å². The van der Waals surface area contributed by atoms with Crippen LogP contribution in [0.3, 0.4) is 0 Å². The van der Waals surface area contributed by atoms with E-state index in [0.29, 0.717) is 16.1 Å². The molecule has 0 unspecified atom stereocenters. The first-order valence-electron chi connectivity index (χ1n) is 8.97. The fourth-order valence-corrected chi connectivity index (χ4v) is 3.83. The Kier molecular flexibility index (Phi) is 5.97. The van der Waals surface area contributed by atoms with Crippen molar-refractivity contribution >= 4 is 39.9 Å². The van der Waals surface area contributed by atoms with Crippen molar-refractivity contribution < 1.29 is 9.72 Å². The second-order valence-corrected chi connectivity index (χ2v) is 7.74. The van der Waals surface area contributed by atoms with Crippen molar-refractivity contribution in [2.75, 3.05) is 11.1 Å². The molecule has 2 aromatic carbocycles. The molecule has 29 heavy (non-hydrogen) atoms. The van der Waals surface area contributed by atoms with Crippen LogP contribution in [0.15, 0.2) is 52.4 Å². The molecule has 0 atom stereocenters. The molecule has 0 saturated heterocycles. The largest absolute Gasteiger partial charge is 0.320 e. The third-order valence-electron chi connectivity index (χ3n) is 4.25. The number of amides is 1. The first kappa shape index (κ1) is 20.5. The summed E-state index contributed by atoms with van der Waals surface area (Å²) in [4.78, 5) is 40.4. The number of hydrogen-bond donors (Lipinski definition) is 1. The van der Waals surface area contributed by atoms with E-state index in [9.17, 15) is 19.7 Å². The highest BCUT2D eigenvalue weighted by Gasteiger charge is 2.18. The van der Waals surface area contributed by atoms with E-state index >= 15 is 0 Å². The van der Waals surface area contributed by atoms with Gasteiger partial charge >= 0.3 is 0 Å². The number of nitro groups is 1. The third-order valence-corrected chi connectivity index (χ3v) is 5.20. The summed E-state index contributed by atoms with van der Waals surface area (Å²) in [6.45, 7) is 5.49. The third kappa shape index (κ3) is 4.45. The Bertz CT molecular complexity index is 1160. The highest BCUT2D eigenvalue weighted by atomic mass is 32.2. The van der Waals surface area contributed by atoms with Crippen molar-refractivity contribution in [3.63, 3.8) is 0 Å². The van der Waals surface area contributed by atoms with Crippen LogP contribution in [0.1, 0.15) is 25.5 Å². The summed E-state index contributed by atoms with van der Waals surface area (Å²) in [6.07, 6.45) is 0. The summed E-state index contributed by atoms with van der Waals surface area (Å²) in [5.41, 5.74) is 1.10. The molecule has 150 valence electrons. The number of hydrogen-bond acceptors (Lipinski definition) is 6. The van der Waals surface area contributed by atoms with Crippen molar-refractivity contribution in [1.82, 2.24) is 9.55 Å². The van der Waals surface area contributed by atoms with Gasteiger partial charge in [0.2, 0.25) is 5.91 Å². The second-order valence-electron chi connectivity index (χ2n) is 6.79. The van der Waals surface area contributed by atoms with Gasteiger partial charge in [0.05, 0.1) is 21.6 Å². The molecule has 0 aliphatic carbocycles. The van der Waals surface area contributed by atoms with Gasteiger partial charge in [-0.1, -0.05) is 30.0 Å². The molecule has 9 heteroatoms. The summed E-state index contributed by atoms with van der Waals surface area (Å²) in [7, 11) is 0. The van der Waals surface area contributed by atoms with Gasteiger partial charge in [-0.15, -0.1) is 0 Å². The topological polar surface area (TPSA) is 107 Å². The smallest absolute Gasteiger partial charge is 0.293 e. The summed E-state index contributed by atoms with van der Waals surface area (Å²) in [5.74, 6) is -0.456. The zero-order valence-corrected chi connectivity index (χ0v) is 17.0. The molecule has 1 amide bonds. The number of rotatable bonds is 6. The lowest BCUT2D eigenvalue weighted by Gasteiger charge is -2.16. The van der Waals surface area contributed by atoms with Gasteiger partial charge in [0, 0.05) is 12.1 Å². The zero-order chi connectivity index (χ0) is 21.1. The van der Waals surface area contributed by atoms with Crippen LogP contribution in [0.5, 0.6) is 0 Å². The molecule has 1 heterocycles. The van der Waals surface area contributed by atoms with E-state index < -0.39 is 10.8 Å². The van der Waals surface area contributed by atoms with E-state index in [-0.39, 0.29) is 28.7 Å². The summed E-state index contributed by atoms with van der Waals surface area (Å²) in [6, 6.07) is 11.5. The maximum atomic E-state index is 12.8. The van der Waals surface area contributed by atoms with Crippen LogP contribution in [-0.2, 0) is 4.79 Å².